The van der Waals surface area contributed by atoms with Gasteiger partial charge in [-0.2, -0.15) is 0 Å². The van der Waals surface area contributed by atoms with Crippen molar-refractivity contribution < 1.29 is 9.53 Å². The topological polar surface area (TPSA) is 76.1 Å². The van der Waals surface area contributed by atoms with Crippen LogP contribution in [0.15, 0.2) is 48.5 Å². The zero-order chi connectivity index (χ0) is 20.1. The van der Waals surface area contributed by atoms with E-state index in [9.17, 15) is 4.79 Å². The zero-order valence-electron chi connectivity index (χ0n) is 15.9. The molecule has 1 amide bonds. The molecule has 1 heterocycles. The van der Waals surface area contributed by atoms with Crippen molar-refractivity contribution in [3.8, 4) is 5.75 Å². The molecule has 0 fully saturated rings. The van der Waals surface area contributed by atoms with E-state index in [-0.39, 0.29) is 11.6 Å². The molecule has 0 atom stereocenters. The van der Waals surface area contributed by atoms with Gasteiger partial charge in [-0.3, -0.25) is 4.79 Å². The largest absolute Gasteiger partial charge is 0.495 e. The van der Waals surface area contributed by atoms with Gasteiger partial charge in [-0.25, -0.2) is 9.97 Å². The fourth-order valence-corrected chi connectivity index (χ4v) is 2.97. The number of anilines is 2. The van der Waals surface area contributed by atoms with Crippen LogP contribution < -0.4 is 15.4 Å². The molecule has 0 aliphatic rings. The Morgan fingerprint density at radius 2 is 1.89 bits per heavy atom. The predicted octanol–water partition coefficient (Wildman–Crippen LogP) is 4.62. The lowest BCUT2D eigenvalue weighted by atomic mass is 10.1. The fraction of sp³-hybridized carbons (Fsp3) is 0.190. The third-order valence-corrected chi connectivity index (χ3v) is 4.50. The maximum absolute atomic E-state index is 12.6. The van der Waals surface area contributed by atoms with E-state index in [1.165, 1.54) is 12.7 Å². The summed E-state index contributed by atoms with van der Waals surface area (Å²) in [6.45, 7) is 4.42. The van der Waals surface area contributed by atoms with Gasteiger partial charge in [-0.15, -0.1) is 0 Å². The average Bonchev–Trinajstić information content (AvgIpc) is 2.67. The number of carbonyl (C=O) groups is 1. The highest BCUT2D eigenvalue weighted by atomic mass is 35.5. The van der Waals surface area contributed by atoms with Crippen molar-refractivity contribution in [1.82, 2.24) is 9.97 Å². The molecule has 0 bridgehead atoms. The number of hydrogen-bond acceptors (Lipinski definition) is 5. The molecule has 0 saturated heterocycles. The molecule has 0 radical (unpaired) electrons. The first-order chi connectivity index (χ1) is 13.5. The minimum absolute atomic E-state index is 0.270. The van der Waals surface area contributed by atoms with Gasteiger partial charge >= 0.3 is 0 Å². The first-order valence-corrected chi connectivity index (χ1v) is 9.13. The van der Waals surface area contributed by atoms with Gasteiger partial charge in [0.25, 0.3) is 5.91 Å². The van der Waals surface area contributed by atoms with Crippen LogP contribution in [0.5, 0.6) is 5.75 Å². The van der Waals surface area contributed by atoms with Crippen LogP contribution in [0, 0.1) is 13.8 Å². The minimum Gasteiger partial charge on any atom is -0.495 e. The Morgan fingerprint density at radius 1 is 1.11 bits per heavy atom. The second kappa shape index (κ2) is 8.71. The van der Waals surface area contributed by atoms with E-state index >= 15 is 0 Å². The van der Waals surface area contributed by atoms with Gasteiger partial charge < -0.3 is 15.4 Å². The van der Waals surface area contributed by atoms with E-state index in [0.717, 1.165) is 5.56 Å². The summed E-state index contributed by atoms with van der Waals surface area (Å²) in [4.78, 5) is 21.2. The third kappa shape index (κ3) is 4.78. The molecular formula is C21H21ClN4O2. The number of rotatable bonds is 6. The van der Waals surface area contributed by atoms with Gasteiger partial charge in [0.05, 0.1) is 12.1 Å². The molecule has 0 saturated carbocycles. The smallest absolute Gasteiger partial charge is 0.274 e. The number of aromatic nitrogens is 2. The molecule has 144 valence electrons. The first-order valence-electron chi connectivity index (χ1n) is 8.75. The number of nitrogens with zero attached hydrogens (tertiary/aromatic N) is 2. The van der Waals surface area contributed by atoms with Crippen LogP contribution in [-0.2, 0) is 6.54 Å². The lowest BCUT2D eigenvalue weighted by Gasteiger charge is -2.11. The summed E-state index contributed by atoms with van der Waals surface area (Å²) < 4.78 is 5.12. The van der Waals surface area contributed by atoms with Crippen molar-refractivity contribution in [2.45, 2.75) is 20.4 Å². The van der Waals surface area contributed by atoms with Crippen LogP contribution in [0.2, 0.25) is 5.02 Å². The highest BCUT2D eigenvalue weighted by Crippen LogP contribution is 2.27. The Morgan fingerprint density at radius 3 is 2.61 bits per heavy atom. The number of amides is 1. The van der Waals surface area contributed by atoms with Gasteiger partial charge in [0.2, 0.25) is 0 Å². The van der Waals surface area contributed by atoms with Gasteiger partial charge in [-0.05, 0) is 43.2 Å². The molecular weight excluding hydrogens is 376 g/mol. The number of nitrogens with one attached hydrogen (secondary N) is 2. The van der Waals surface area contributed by atoms with Gasteiger partial charge in [0, 0.05) is 18.3 Å². The molecule has 0 aliphatic heterocycles. The summed E-state index contributed by atoms with van der Waals surface area (Å²) in [5.41, 5.74) is 3.18. The van der Waals surface area contributed by atoms with Crippen molar-refractivity contribution in [3.05, 3.63) is 76.2 Å². The minimum atomic E-state index is -0.342. The van der Waals surface area contributed by atoms with Crippen LogP contribution >= 0.6 is 11.6 Å². The molecule has 28 heavy (non-hydrogen) atoms. The van der Waals surface area contributed by atoms with E-state index in [0.29, 0.717) is 34.6 Å². The third-order valence-electron chi connectivity index (χ3n) is 4.20. The summed E-state index contributed by atoms with van der Waals surface area (Å²) in [7, 11) is 1.54. The van der Waals surface area contributed by atoms with E-state index in [1.54, 1.807) is 31.2 Å². The summed E-state index contributed by atoms with van der Waals surface area (Å²) >= 11 is 6.11. The van der Waals surface area contributed by atoms with Crippen molar-refractivity contribution in [3.63, 3.8) is 0 Å². The summed E-state index contributed by atoms with van der Waals surface area (Å²) in [5.74, 6) is 1.30. The van der Waals surface area contributed by atoms with Crippen molar-refractivity contribution in [2.75, 3.05) is 17.7 Å². The monoisotopic (exact) mass is 396 g/mol. The molecule has 2 N–H and O–H groups in total. The van der Waals surface area contributed by atoms with Crippen molar-refractivity contribution >= 4 is 29.0 Å². The number of aryl methyl sites for hydroxylation is 2. The number of carbonyl (C=O) groups excluding carboxylic acids is 1. The van der Waals surface area contributed by atoms with Gasteiger partial charge in [-0.1, -0.05) is 35.9 Å². The lowest BCUT2D eigenvalue weighted by Crippen LogP contribution is -2.16. The number of halogens is 1. The maximum Gasteiger partial charge on any atom is 0.274 e. The molecule has 2 aromatic carbocycles. The standard InChI is InChI=1S/C21H21ClN4O2/c1-13-6-4-5-7-15(13)12-23-20-11-18(24-14(2)25-20)21(27)26-16-8-9-19(28-3)17(22)10-16/h4-11H,12H2,1-3H3,(H,26,27)(H,23,24,25). The number of benzene rings is 2. The van der Waals surface area contributed by atoms with Crippen molar-refractivity contribution in [2.24, 2.45) is 0 Å². The van der Waals surface area contributed by atoms with Crippen LogP contribution in [0.25, 0.3) is 0 Å². The lowest BCUT2D eigenvalue weighted by molar-refractivity contribution is 0.102. The van der Waals surface area contributed by atoms with E-state index in [4.69, 9.17) is 16.3 Å². The van der Waals surface area contributed by atoms with Gasteiger partial charge in [0.1, 0.15) is 23.1 Å². The number of methoxy groups -OCH3 is 1. The molecule has 7 heteroatoms. The quantitative estimate of drug-likeness (QED) is 0.635. The van der Waals surface area contributed by atoms with Gasteiger partial charge in [0.15, 0.2) is 0 Å². The molecule has 3 aromatic rings. The maximum atomic E-state index is 12.6. The predicted molar refractivity (Wildman–Crippen MR) is 111 cm³/mol. The Hall–Kier alpha value is -3.12. The fourth-order valence-electron chi connectivity index (χ4n) is 2.71. The van der Waals surface area contributed by atoms with Crippen molar-refractivity contribution in [1.29, 1.82) is 0 Å². The Labute approximate surface area is 168 Å². The molecule has 0 spiro atoms. The molecule has 0 aliphatic carbocycles. The molecule has 3 rings (SSSR count). The highest BCUT2D eigenvalue weighted by Gasteiger charge is 2.12. The Balaban J connectivity index is 1.74. The summed E-state index contributed by atoms with van der Waals surface area (Å²) in [6, 6.07) is 14.8. The summed E-state index contributed by atoms with van der Waals surface area (Å²) in [6.07, 6.45) is 0. The van der Waals surface area contributed by atoms with Crippen LogP contribution in [0.4, 0.5) is 11.5 Å². The van der Waals surface area contributed by atoms with E-state index in [2.05, 4.69) is 39.7 Å². The number of ether oxygens (including phenoxy) is 1. The number of hydrogen-bond donors (Lipinski definition) is 2. The van der Waals surface area contributed by atoms with E-state index < -0.39 is 0 Å². The second-order valence-electron chi connectivity index (χ2n) is 6.27. The second-order valence-corrected chi connectivity index (χ2v) is 6.68. The zero-order valence-corrected chi connectivity index (χ0v) is 16.7. The summed E-state index contributed by atoms with van der Waals surface area (Å²) in [5, 5.41) is 6.46. The molecule has 1 aromatic heterocycles. The molecule has 6 nitrogen and oxygen atoms in total. The highest BCUT2D eigenvalue weighted by molar-refractivity contribution is 6.32. The Kier molecular flexibility index (Phi) is 6.11. The average molecular weight is 397 g/mol. The normalized spacial score (nSPS) is 10.4. The van der Waals surface area contributed by atoms with Crippen LogP contribution in [-0.4, -0.2) is 23.0 Å². The molecule has 0 unspecified atom stereocenters. The SMILES string of the molecule is COc1ccc(NC(=O)c2cc(NCc3ccccc3C)nc(C)n2)cc1Cl. The van der Waals surface area contributed by atoms with Crippen LogP contribution in [0.3, 0.4) is 0 Å². The van der Waals surface area contributed by atoms with Crippen LogP contribution in [0.1, 0.15) is 27.4 Å². The Bertz CT molecular complexity index is 1010. The first kappa shape index (κ1) is 19.6. The van der Waals surface area contributed by atoms with E-state index in [1.807, 2.05) is 12.1 Å².